The van der Waals surface area contributed by atoms with Crippen LogP contribution in [-0.4, -0.2) is 11.5 Å². The van der Waals surface area contributed by atoms with Gasteiger partial charge in [0.2, 0.25) is 5.78 Å². The Bertz CT molecular complexity index is 488. The summed E-state index contributed by atoms with van der Waals surface area (Å²) in [5.41, 5.74) is 1.94. The van der Waals surface area contributed by atoms with Crippen molar-refractivity contribution in [2.45, 2.75) is 12.7 Å². The third kappa shape index (κ3) is 2.99. The molecule has 0 aliphatic carbocycles. The maximum absolute atomic E-state index is 12.3. The topological polar surface area (TPSA) is 17.1 Å². The van der Waals surface area contributed by atoms with E-state index in [0.717, 1.165) is 27.5 Å². The first-order valence-electron chi connectivity index (χ1n) is 5.56. The summed E-state index contributed by atoms with van der Waals surface area (Å²) in [7, 11) is 0. The van der Waals surface area contributed by atoms with Gasteiger partial charge in [-0.25, -0.2) is 0 Å². The Morgan fingerprint density at radius 1 is 1.24 bits per heavy atom. The number of hydrogen-bond donors (Lipinski definition) is 0. The number of rotatable bonds is 5. The van der Waals surface area contributed by atoms with Gasteiger partial charge in [0, 0.05) is 11.3 Å². The van der Waals surface area contributed by atoms with Gasteiger partial charge in [0.05, 0.1) is 4.88 Å². The molecule has 17 heavy (non-hydrogen) atoms. The molecular weight excluding hydrogens is 248 g/mol. The summed E-state index contributed by atoms with van der Waals surface area (Å²) in [6, 6.07) is 11.5. The van der Waals surface area contributed by atoms with Gasteiger partial charge >= 0.3 is 0 Å². The van der Waals surface area contributed by atoms with Gasteiger partial charge in [-0.3, -0.25) is 4.79 Å². The summed E-state index contributed by atoms with van der Waals surface area (Å²) < 4.78 is 0. The quantitative estimate of drug-likeness (QED) is 0.750. The van der Waals surface area contributed by atoms with E-state index in [4.69, 9.17) is 0 Å². The second-order valence-corrected chi connectivity index (χ2v) is 5.80. The molecule has 0 saturated heterocycles. The van der Waals surface area contributed by atoms with Gasteiger partial charge < -0.3 is 0 Å². The Balaban J connectivity index is 2.23. The molecule has 0 unspecified atom stereocenters. The molecule has 88 valence electrons. The van der Waals surface area contributed by atoms with E-state index in [0.29, 0.717) is 0 Å². The van der Waals surface area contributed by atoms with Gasteiger partial charge in [0.1, 0.15) is 0 Å². The largest absolute Gasteiger partial charge is 0.288 e. The van der Waals surface area contributed by atoms with E-state index in [9.17, 15) is 4.79 Å². The molecule has 2 rings (SSSR count). The second kappa shape index (κ2) is 6.03. The summed E-state index contributed by atoms with van der Waals surface area (Å²) >= 11 is 3.39. The standard InChI is InChI=1S/C14H14OS2/c1-2-16-10-12-8-9-17-14(12)13(15)11-6-4-3-5-7-11/h3-9H,2,10H2,1H3. The van der Waals surface area contributed by atoms with Crippen LogP contribution in [0.5, 0.6) is 0 Å². The van der Waals surface area contributed by atoms with E-state index in [-0.39, 0.29) is 5.78 Å². The van der Waals surface area contributed by atoms with Crippen molar-refractivity contribution in [2.75, 3.05) is 5.75 Å². The zero-order valence-corrected chi connectivity index (χ0v) is 11.3. The lowest BCUT2D eigenvalue weighted by Gasteiger charge is -2.02. The van der Waals surface area contributed by atoms with Gasteiger partial charge in [-0.15, -0.1) is 11.3 Å². The van der Waals surface area contributed by atoms with Crippen molar-refractivity contribution < 1.29 is 4.79 Å². The van der Waals surface area contributed by atoms with Crippen LogP contribution in [0.15, 0.2) is 41.8 Å². The van der Waals surface area contributed by atoms with Gasteiger partial charge in [0.15, 0.2) is 0 Å². The smallest absolute Gasteiger partial charge is 0.203 e. The van der Waals surface area contributed by atoms with Crippen LogP contribution in [0.25, 0.3) is 0 Å². The molecule has 1 aromatic carbocycles. The number of carbonyl (C=O) groups excluding carboxylic acids is 1. The molecule has 2 aromatic rings. The third-order valence-electron chi connectivity index (χ3n) is 2.45. The first kappa shape index (κ1) is 12.4. The maximum atomic E-state index is 12.3. The van der Waals surface area contributed by atoms with E-state index < -0.39 is 0 Å². The Morgan fingerprint density at radius 3 is 2.71 bits per heavy atom. The van der Waals surface area contributed by atoms with E-state index in [1.54, 1.807) is 11.3 Å². The fourth-order valence-corrected chi connectivity index (χ4v) is 3.22. The first-order valence-corrected chi connectivity index (χ1v) is 7.60. The Morgan fingerprint density at radius 2 is 2.00 bits per heavy atom. The normalized spacial score (nSPS) is 10.4. The Kier molecular flexibility index (Phi) is 4.40. The molecule has 0 radical (unpaired) electrons. The van der Waals surface area contributed by atoms with Crippen molar-refractivity contribution >= 4 is 28.9 Å². The highest BCUT2D eigenvalue weighted by molar-refractivity contribution is 7.98. The fourth-order valence-electron chi connectivity index (χ4n) is 1.58. The molecule has 1 heterocycles. The van der Waals surface area contributed by atoms with Crippen molar-refractivity contribution in [3.8, 4) is 0 Å². The minimum atomic E-state index is 0.146. The van der Waals surface area contributed by atoms with Crippen LogP contribution in [0.2, 0.25) is 0 Å². The molecule has 0 fully saturated rings. The molecule has 0 bridgehead atoms. The second-order valence-electron chi connectivity index (χ2n) is 3.61. The summed E-state index contributed by atoms with van der Waals surface area (Å²) in [4.78, 5) is 13.2. The zero-order chi connectivity index (χ0) is 12.1. The summed E-state index contributed by atoms with van der Waals surface area (Å²) in [6.45, 7) is 2.13. The Labute approximate surface area is 110 Å². The van der Waals surface area contributed by atoms with Crippen LogP contribution in [-0.2, 0) is 5.75 Å². The van der Waals surface area contributed by atoms with Gasteiger partial charge in [-0.2, -0.15) is 11.8 Å². The molecule has 0 spiro atoms. The highest BCUT2D eigenvalue weighted by Crippen LogP contribution is 2.24. The van der Waals surface area contributed by atoms with Crippen molar-refractivity contribution in [3.63, 3.8) is 0 Å². The zero-order valence-electron chi connectivity index (χ0n) is 9.68. The van der Waals surface area contributed by atoms with Crippen molar-refractivity contribution in [2.24, 2.45) is 0 Å². The van der Waals surface area contributed by atoms with Crippen LogP contribution in [0.3, 0.4) is 0 Å². The number of carbonyl (C=O) groups is 1. The average molecular weight is 262 g/mol. The SMILES string of the molecule is CCSCc1ccsc1C(=O)c1ccccc1. The van der Waals surface area contributed by atoms with Crippen molar-refractivity contribution in [1.82, 2.24) is 0 Å². The maximum Gasteiger partial charge on any atom is 0.203 e. The summed E-state index contributed by atoms with van der Waals surface area (Å²) in [5.74, 6) is 2.15. The summed E-state index contributed by atoms with van der Waals surface area (Å²) in [6.07, 6.45) is 0. The minimum Gasteiger partial charge on any atom is -0.288 e. The number of thiophene rings is 1. The third-order valence-corrected chi connectivity index (χ3v) is 4.33. The highest BCUT2D eigenvalue weighted by atomic mass is 32.2. The Hall–Kier alpha value is -1.06. The lowest BCUT2D eigenvalue weighted by molar-refractivity contribution is 0.104. The van der Waals surface area contributed by atoms with E-state index in [1.165, 1.54) is 0 Å². The molecular formula is C14H14OS2. The molecule has 0 saturated carbocycles. The fraction of sp³-hybridized carbons (Fsp3) is 0.214. The van der Waals surface area contributed by atoms with Crippen LogP contribution >= 0.6 is 23.1 Å². The van der Waals surface area contributed by atoms with E-state index in [2.05, 4.69) is 13.0 Å². The number of benzene rings is 1. The molecule has 1 aromatic heterocycles. The minimum absolute atomic E-state index is 0.146. The van der Waals surface area contributed by atoms with E-state index in [1.807, 2.05) is 47.5 Å². The molecule has 0 amide bonds. The number of thioether (sulfide) groups is 1. The molecule has 0 N–H and O–H groups in total. The average Bonchev–Trinajstić information content (AvgIpc) is 2.84. The predicted octanol–water partition coefficient (Wildman–Crippen LogP) is 4.23. The van der Waals surface area contributed by atoms with Gasteiger partial charge in [-0.05, 0) is 22.8 Å². The lowest BCUT2D eigenvalue weighted by Crippen LogP contribution is -2.01. The molecule has 0 aliphatic heterocycles. The van der Waals surface area contributed by atoms with Gasteiger partial charge in [0.25, 0.3) is 0 Å². The molecule has 3 heteroatoms. The van der Waals surface area contributed by atoms with Crippen LogP contribution in [0.4, 0.5) is 0 Å². The number of ketones is 1. The predicted molar refractivity (Wildman–Crippen MR) is 76.0 cm³/mol. The monoisotopic (exact) mass is 262 g/mol. The molecule has 0 aliphatic rings. The van der Waals surface area contributed by atoms with Crippen LogP contribution in [0, 0.1) is 0 Å². The van der Waals surface area contributed by atoms with Crippen molar-refractivity contribution in [3.05, 3.63) is 57.8 Å². The lowest BCUT2D eigenvalue weighted by atomic mass is 10.1. The van der Waals surface area contributed by atoms with E-state index >= 15 is 0 Å². The van der Waals surface area contributed by atoms with Crippen molar-refractivity contribution in [1.29, 1.82) is 0 Å². The first-order chi connectivity index (χ1) is 8.33. The number of hydrogen-bond acceptors (Lipinski definition) is 3. The van der Waals surface area contributed by atoms with Crippen LogP contribution in [0.1, 0.15) is 27.7 Å². The van der Waals surface area contributed by atoms with Gasteiger partial charge in [-0.1, -0.05) is 37.3 Å². The molecule has 1 nitrogen and oxygen atoms in total. The highest BCUT2D eigenvalue weighted by Gasteiger charge is 2.14. The summed E-state index contributed by atoms with van der Waals surface area (Å²) in [5, 5.41) is 2.00. The van der Waals surface area contributed by atoms with Crippen LogP contribution < -0.4 is 0 Å². The molecule has 0 atom stereocenters.